The van der Waals surface area contributed by atoms with E-state index < -0.39 is 0 Å². The first kappa shape index (κ1) is 20.7. The van der Waals surface area contributed by atoms with E-state index in [4.69, 9.17) is 9.47 Å². The maximum atomic E-state index is 6.37. The van der Waals surface area contributed by atoms with Crippen LogP contribution in [0.25, 0.3) is 22.0 Å². The highest BCUT2D eigenvalue weighted by molar-refractivity contribution is 5.92. The topological polar surface area (TPSA) is 43.4 Å². The molecule has 0 atom stereocenters. The molecule has 6 heteroatoms. The van der Waals surface area contributed by atoms with E-state index in [0.717, 1.165) is 65.9 Å². The fraction of sp³-hybridized carbons (Fsp3) is 0.318. The summed E-state index contributed by atoms with van der Waals surface area (Å²) in [5.74, 6) is 1.87. The molecule has 1 spiro atoms. The molecule has 3 aromatic rings. The van der Waals surface area contributed by atoms with Crippen molar-refractivity contribution in [3.05, 3.63) is 54.2 Å². The third-order valence-electron chi connectivity index (χ3n) is 5.66. The zero-order chi connectivity index (χ0) is 17.6. The second-order valence-corrected chi connectivity index (χ2v) is 7.26. The number of nitrogens with one attached hydrogen (secondary N) is 1. The van der Waals surface area contributed by atoms with E-state index in [1.54, 1.807) is 7.11 Å². The number of pyridine rings is 1. The number of halogens is 2. The summed E-state index contributed by atoms with van der Waals surface area (Å²) in [6.07, 6.45) is 4.94. The normalized spacial score (nSPS) is 16.6. The number of aromatic nitrogens is 1. The van der Waals surface area contributed by atoms with Gasteiger partial charge in [0.05, 0.1) is 7.11 Å². The van der Waals surface area contributed by atoms with Gasteiger partial charge in [-0.05, 0) is 61.3 Å². The maximum absolute atomic E-state index is 6.37. The SMILES string of the molecule is COc1c(-c2ccc3c(c2)CC2(CCNCC2)O3)ccc2cccnc12.Cl.Cl. The third kappa shape index (κ3) is 3.41. The van der Waals surface area contributed by atoms with Crippen molar-refractivity contribution < 1.29 is 9.47 Å². The Hall–Kier alpha value is -2.01. The molecule has 4 nitrogen and oxygen atoms in total. The van der Waals surface area contributed by atoms with Gasteiger partial charge in [0, 0.05) is 23.6 Å². The molecule has 0 amide bonds. The first-order valence-electron chi connectivity index (χ1n) is 9.23. The maximum Gasteiger partial charge on any atom is 0.152 e. The Labute approximate surface area is 177 Å². The van der Waals surface area contributed by atoms with Gasteiger partial charge in [-0.2, -0.15) is 0 Å². The molecule has 0 radical (unpaired) electrons. The van der Waals surface area contributed by atoms with E-state index in [1.165, 1.54) is 5.56 Å². The van der Waals surface area contributed by atoms with Crippen LogP contribution in [0.2, 0.25) is 0 Å². The Morgan fingerprint density at radius 3 is 2.68 bits per heavy atom. The molecule has 2 aliphatic heterocycles. The lowest BCUT2D eigenvalue weighted by Crippen LogP contribution is -2.45. The Morgan fingerprint density at radius 1 is 1.07 bits per heavy atom. The molecule has 148 valence electrons. The van der Waals surface area contributed by atoms with Crippen molar-refractivity contribution in [2.75, 3.05) is 20.2 Å². The van der Waals surface area contributed by atoms with Crippen LogP contribution in [0.15, 0.2) is 48.7 Å². The minimum absolute atomic E-state index is 0. The van der Waals surface area contributed by atoms with Crippen LogP contribution >= 0.6 is 24.8 Å². The number of piperidine rings is 1. The molecule has 0 aliphatic carbocycles. The van der Waals surface area contributed by atoms with Crippen molar-refractivity contribution in [2.24, 2.45) is 0 Å². The van der Waals surface area contributed by atoms with Gasteiger partial charge in [-0.25, -0.2) is 0 Å². The van der Waals surface area contributed by atoms with E-state index in [9.17, 15) is 0 Å². The molecule has 2 aromatic carbocycles. The van der Waals surface area contributed by atoms with Gasteiger partial charge >= 0.3 is 0 Å². The lowest BCUT2D eigenvalue weighted by atomic mass is 9.87. The Balaban J connectivity index is 0.00000112. The molecule has 0 bridgehead atoms. The summed E-state index contributed by atoms with van der Waals surface area (Å²) < 4.78 is 12.1. The highest BCUT2D eigenvalue weighted by Gasteiger charge is 2.40. The van der Waals surface area contributed by atoms with Crippen molar-refractivity contribution in [3.63, 3.8) is 0 Å². The Kier molecular flexibility index (Phi) is 6.04. The summed E-state index contributed by atoms with van der Waals surface area (Å²) in [6.45, 7) is 2.07. The molecule has 0 unspecified atom stereocenters. The van der Waals surface area contributed by atoms with Crippen molar-refractivity contribution in [2.45, 2.75) is 24.9 Å². The molecule has 1 saturated heterocycles. The minimum Gasteiger partial charge on any atom is -0.494 e. The number of nitrogens with zero attached hydrogens (tertiary/aromatic N) is 1. The van der Waals surface area contributed by atoms with E-state index in [-0.39, 0.29) is 30.4 Å². The summed E-state index contributed by atoms with van der Waals surface area (Å²) in [6, 6.07) is 14.8. The molecule has 28 heavy (non-hydrogen) atoms. The Morgan fingerprint density at radius 2 is 1.89 bits per heavy atom. The van der Waals surface area contributed by atoms with E-state index in [0.29, 0.717) is 0 Å². The van der Waals surface area contributed by atoms with Gasteiger partial charge in [-0.15, -0.1) is 24.8 Å². The first-order valence-corrected chi connectivity index (χ1v) is 9.23. The molecular formula is C22H24Cl2N2O2. The highest BCUT2D eigenvalue weighted by Crippen LogP contribution is 2.43. The smallest absolute Gasteiger partial charge is 0.152 e. The largest absolute Gasteiger partial charge is 0.494 e. The number of hydrogen-bond acceptors (Lipinski definition) is 4. The predicted octanol–water partition coefficient (Wildman–Crippen LogP) is 4.81. The fourth-order valence-corrected chi connectivity index (χ4v) is 4.31. The predicted molar refractivity (Wildman–Crippen MR) is 117 cm³/mol. The third-order valence-corrected chi connectivity index (χ3v) is 5.66. The van der Waals surface area contributed by atoms with Crippen LogP contribution in [0.4, 0.5) is 0 Å². The lowest BCUT2D eigenvalue weighted by molar-refractivity contribution is 0.0600. The van der Waals surface area contributed by atoms with Crippen LogP contribution in [0.1, 0.15) is 18.4 Å². The molecule has 5 rings (SSSR count). The van der Waals surface area contributed by atoms with Crippen LogP contribution in [0.5, 0.6) is 11.5 Å². The van der Waals surface area contributed by atoms with Crippen molar-refractivity contribution >= 4 is 35.7 Å². The molecule has 1 aromatic heterocycles. The average Bonchev–Trinajstić information content (AvgIpc) is 3.03. The highest BCUT2D eigenvalue weighted by atomic mass is 35.5. The van der Waals surface area contributed by atoms with Crippen LogP contribution in [0.3, 0.4) is 0 Å². The number of methoxy groups -OCH3 is 1. The second-order valence-electron chi connectivity index (χ2n) is 7.26. The van der Waals surface area contributed by atoms with Crippen molar-refractivity contribution in [3.8, 4) is 22.6 Å². The van der Waals surface area contributed by atoms with Crippen LogP contribution in [0, 0.1) is 0 Å². The van der Waals surface area contributed by atoms with Crippen molar-refractivity contribution in [1.29, 1.82) is 0 Å². The fourth-order valence-electron chi connectivity index (χ4n) is 4.31. The molecule has 0 saturated carbocycles. The monoisotopic (exact) mass is 418 g/mol. The number of rotatable bonds is 2. The summed E-state index contributed by atoms with van der Waals surface area (Å²) in [7, 11) is 1.72. The molecule has 2 aliphatic rings. The lowest BCUT2D eigenvalue weighted by Gasteiger charge is -2.33. The number of hydrogen-bond donors (Lipinski definition) is 1. The van der Waals surface area contributed by atoms with Gasteiger partial charge in [0.25, 0.3) is 0 Å². The zero-order valence-corrected chi connectivity index (χ0v) is 17.4. The van der Waals surface area contributed by atoms with Gasteiger partial charge in [-0.3, -0.25) is 4.98 Å². The van der Waals surface area contributed by atoms with Gasteiger partial charge < -0.3 is 14.8 Å². The van der Waals surface area contributed by atoms with Crippen LogP contribution in [-0.2, 0) is 6.42 Å². The van der Waals surface area contributed by atoms with Crippen LogP contribution < -0.4 is 14.8 Å². The van der Waals surface area contributed by atoms with E-state index >= 15 is 0 Å². The zero-order valence-electron chi connectivity index (χ0n) is 15.7. The molecule has 1 N–H and O–H groups in total. The second kappa shape index (κ2) is 8.16. The number of benzene rings is 2. The Bertz CT molecular complexity index is 987. The standard InChI is InChI=1S/C22H22N2O2.2ClH/c1-25-21-18(6-4-15-3-2-10-24-20(15)21)16-5-7-19-17(13-16)14-22(26-19)8-11-23-12-9-22;;/h2-7,10,13,23H,8-9,11-12,14H2,1H3;2*1H. The van der Waals surface area contributed by atoms with E-state index in [1.807, 2.05) is 12.3 Å². The summed E-state index contributed by atoms with van der Waals surface area (Å²) in [4.78, 5) is 4.52. The molecule has 1 fully saturated rings. The quantitative estimate of drug-likeness (QED) is 0.648. The van der Waals surface area contributed by atoms with E-state index in [2.05, 4.69) is 46.7 Å². The van der Waals surface area contributed by atoms with Gasteiger partial charge in [-0.1, -0.05) is 18.2 Å². The van der Waals surface area contributed by atoms with Gasteiger partial charge in [0.15, 0.2) is 5.75 Å². The first-order chi connectivity index (χ1) is 12.8. The minimum atomic E-state index is -0.0127. The molecule has 3 heterocycles. The van der Waals surface area contributed by atoms with Crippen molar-refractivity contribution in [1.82, 2.24) is 10.3 Å². The van der Waals surface area contributed by atoms with Gasteiger partial charge in [0.2, 0.25) is 0 Å². The number of ether oxygens (including phenoxy) is 2. The van der Waals surface area contributed by atoms with Crippen LogP contribution in [-0.4, -0.2) is 30.8 Å². The molecular weight excluding hydrogens is 395 g/mol. The summed E-state index contributed by atoms with van der Waals surface area (Å²) in [5.41, 5.74) is 4.42. The number of fused-ring (bicyclic) bond motifs is 2. The summed E-state index contributed by atoms with van der Waals surface area (Å²) >= 11 is 0. The van der Waals surface area contributed by atoms with Gasteiger partial charge in [0.1, 0.15) is 16.9 Å². The average molecular weight is 419 g/mol. The summed E-state index contributed by atoms with van der Waals surface area (Å²) in [5, 5.41) is 4.52.